The lowest BCUT2D eigenvalue weighted by Gasteiger charge is -2.24. The zero-order chi connectivity index (χ0) is 22.4. The standard InChI is InChI=1S/C22H25Cl2FN2O3S/c23-16-10-12-18(13-11-16)31(29,30)27(14-19-20(24)8-5-9-21(19)25)15-22(28)26-17-6-3-1-2-4-7-17/h5,8-13,17H,1-4,6-7,14-15H2,(H,26,28). The summed E-state index contributed by atoms with van der Waals surface area (Å²) < 4.78 is 41.9. The van der Waals surface area contributed by atoms with Gasteiger partial charge in [0.1, 0.15) is 5.82 Å². The van der Waals surface area contributed by atoms with Gasteiger partial charge in [-0.1, -0.05) is 55.0 Å². The van der Waals surface area contributed by atoms with Gasteiger partial charge in [0.25, 0.3) is 0 Å². The summed E-state index contributed by atoms with van der Waals surface area (Å²) in [6.45, 7) is -0.805. The maximum absolute atomic E-state index is 14.4. The third kappa shape index (κ3) is 6.42. The van der Waals surface area contributed by atoms with Crippen molar-refractivity contribution in [2.45, 2.75) is 56.0 Å². The molecule has 9 heteroatoms. The van der Waals surface area contributed by atoms with E-state index in [2.05, 4.69) is 5.32 Å². The maximum Gasteiger partial charge on any atom is 0.243 e. The van der Waals surface area contributed by atoms with Crippen LogP contribution in [0.5, 0.6) is 0 Å². The highest BCUT2D eigenvalue weighted by Crippen LogP contribution is 2.25. The van der Waals surface area contributed by atoms with Gasteiger partial charge in [0, 0.05) is 28.2 Å². The van der Waals surface area contributed by atoms with Crippen molar-refractivity contribution in [3.8, 4) is 0 Å². The highest BCUT2D eigenvalue weighted by atomic mass is 35.5. The van der Waals surface area contributed by atoms with E-state index in [-0.39, 0.29) is 28.1 Å². The molecular weight excluding hydrogens is 462 g/mol. The summed E-state index contributed by atoms with van der Waals surface area (Å²) in [6.07, 6.45) is 6.07. The van der Waals surface area contributed by atoms with Crippen molar-refractivity contribution < 1.29 is 17.6 Å². The molecule has 1 fully saturated rings. The highest BCUT2D eigenvalue weighted by molar-refractivity contribution is 7.89. The number of sulfonamides is 1. The second kappa shape index (κ2) is 10.8. The lowest BCUT2D eigenvalue weighted by molar-refractivity contribution is -0.122. The van der Waals surface area contributed by atoms with Crippen molar-refractivity contribution in [2.24, 2.45) is 0 Å². The zero-order valence-electron chi connectivity index (χ0n) is 17.0. The summed E-state index contributed by atoms with van der Waals surface area (Å²) in [6, 6.07) is 9.78. The molecular formula is C22H25Cl2FN2O3S. The third-order valence-corrected chi connectivity index (χ3v) is 7.80. The molecule has 1 aliphatic carbocycles. The number of nitrogens with zero attached hydrogens (tertiary/aromatic N) is 1. The van der Waals surface area contributed by atoms with Crippen molar-refractivity contribution in [2.75, 3.05) is 6.54 Å². The Kier molecular flexibility index (Phi) is 8.33. The summed E-state index contributed by atoms with van der Waals surface area (Å²) in [5.41, 5.74) is 0.0176. The molecule has 0 radical (unpaired) electrons. The van der Waals surface area contributed by atoms with E-state index in [0.29, 0.717) is 5.02 Å². The fourth-order valence-corrected chi connectivity index (χ4v) is 5.41. The summed E-state index contributed by atoms with van der Waals surface area (Å²) >= 11 is 12.0. The minimum atomic E-state index is -4.10. The fraction of sp³-hybridized carbons (Fsp3) is 0.409. The number of nitrogens with one attached hydrogen (secondary N) is 1. The Hall–Kier alpha value is -1.67. The quantitative estimate of drug-likeness (QED) is 0.549. The van der Waals surface area contributed by atoms with Crippen LogP contribution in [-0.2, 0) is 21.4 Å². The van der Waals surface area contributed by atoms with E-state index in [1.807, 2.05) is 0 Å². The molecule has 2 aromatic rings. The van der Waals surface area contributed by atoms with Crippen LogP contribution in [0.1, 0.15) is 44.1 Å². The van der Waals surface area contributed by atoms with Crippen LogP contribution in [0.15, 0.2) is 47.4 Å². The molecule has 0 saturated heterocycles. The van der Waals surface area contributed by atoms with E-state index in [4.69, 9.17) is 23.2 Å². The Morgan fingerprint density at radius 2 is 1.68 bits per heavy atom. The van der Waals surface area contributed by atoms with Gasteiger partial charge in [0.15, 0.2) is 0 Å². The van der Waals surface area contributed by atoms with Gasteiger partial charge in [-0.05, 0) is 49.2 Å². The van der Waals surface area contributed by atoms with Crippen molar-refractivity contribution in [3.05, 3.63) is 63.9 Å². The number of benzene rings is 2. The van der Waals surface area contributed by atoms with E-state index >= 15 is 0 Å². The molecule has 3 rings (SSSR count). The first-order valence-corrected chi connectivity index (χ1v) is 12.4. The van der Waals surface area contributed by atoms with Crippen LogP contribution in [-0.4, -0.2) is 31.2 Å². The van der Waals surface area contributed by atoms with Crippen LogP contribution in [0.2, 0.25) is 10.0 Å². The van der Waals surface area contributed by atoms with Gasteiger partial charge < -0.3 is 5.32 Å². The Morgan fingerprint density at radius 1 is 1.03 bits per heavy atom. The van der Waals surface area contributed by atoms with Crippen molar-refractivity contribution >= 4 is 39.1 Å². The minimum Gasteiger partial charge on any atom is -0.352 e. The summed E-state index contributed by atoms with van der Waals surface area (Å²) in [5.74, 6) is -1.05. The lowest BCUT2D eigenvalue weighted by Crippen LogP contribution is -2.44. The van der Waals surface area contributed by atoms with Crippen LogP contribution >= 0.6 is 23.2 Å². The van der Waals surface area contributed by atoms with Crippen molar-refractivity contribution in [1.29, 1.82) is 0 Å². The topological polar surface area (TPSA) is 66.5 Å². The van der Waals surface area contributed by atoms with E-state index in [1.54, 1.807) is 0 Å². The molecule has 0 unspecified atom stereocenters. The van der Waals surface area contributed by atoms with E-state index in [1.165, 1.54) is 42.5 Å². The largest absolute Gasteiger partial charge is 0.352 e. The smallest absolute Gasteiger partial charge is 0.243 e. The number of halogens is 3. The molecule has 0 aliphatic heterocycles. The van der Waals surface area contributed by atoms with Crippen LogP contribution in [0, 0.1) is 5.82 Å². The fourth-order valence-electron chi connectivity index (χ4n) is 3.70. The molecule has 2 aromatic carbocycles. The summed E-state index contributed by atoms with van der Waals surface area (Å²) in [7, 11) is -4.10. The molecule has 1 aliphatic rings. The second-order valence-electron chi connectivity index (χ2n) is 7.68. The van der Waals surface area contributed by atoms with Crippen LogP contribution in [0.25, 0.3) is 0 Å². The summed E-state index contributed by atoms with van der Waals surface area (Å²) in [5, 5.41) is 3.42. The number of hydrogen-bond acceptors (Lipinski definition) is 3. The monoisotopic (exact) mass is 486 g/mol. The number of rotatable bonds is 7. The molecule has 0 atom stereocenters. The SMILES string of the molecule is O=C(CN(Cc1c(F)cccc1Cl)S(=O)(=O)c1ccc(Cl)cc1)NC1CCCCCC1. The molecule has 0 aromatic heterocycles. The van der Waals surface area contributed by atoms with Crippen LogP contribution in [0.4, 0.5) is 4.39 Å². The average molecular weight is 487 g/mol. The minimum absolute atomic E-state index is 0.0176. The molecule has 1 saturated carbocycles. The van der Waals surface area contributed by atoms with E-state index < -0.39 is 28.3 Å². The first kappa shape index (κ1) is 24.0. The second-order valence-corrected chi connectivity index (χ2v) is 10.5. The van der Waals surface area contributed by atoms with Crippen molar-refractivity contribution in [3.63, 3.8) is 0 Å². The molecule has 5 nitrogen and oxygen atoms in total. The third-order valence-electron chi connectivity index (χ3n) is 5.39. The van der Waals surface area contributed by atoms with Gasteiger partial charge in [-0.3, -0.25) is 4.79 Å². The lowest BCUT2D eigenvalue weighted by atomic mass is 10.1. The molecule has 0 bridgehead atoms. The predicted molar refractivity (Wildman–Crippen MR) is 120 cm³/mol. The molecule has 31 heavy (non-hydrogen) atoms. The Labute approximate surface area is 192 Å². The number of carbonyl (C=O) groups is 1. The normalized spacial score (nSPS) is 15.6. The van der Waals surface area contributed by atoms with Crippen LogP contribution < -0.4 is 5.32 Å². The summed E-state index contributed by atoms with van der Waals surface area (Å²) in [4.78, 5) is 12.7. The first-order chi connectivity index (χ1) is 14.8. The molecule has 1 N–H and O–H groups in total. The van der Waals surface area contributed by atoms with Gasteiger partial charge in [-0.15, -0.1) is 0 Å². The molecule has 0 spiro atoms. The maximum atomic E-state index is 14.4. The highest BCUT2D eigenvalue weighted by Gasteiger charge is 2.29. The van der Waals surface area contributed by atoms with Crippen molar-refractivity contribution in [1.82, 2.24) is 9.62 Å². The van der Waals surface area contributed by atoms with Gasteiger partial charge in [0.05, 0.1) is 11.4 Å². The zero-order valence-corrected chi connectivity index (χ0v) is 19.3. The number of amides is 1. The Morgan fingerprint density at radius 3 is 2.29 bits per heavy atom. The Bertz CT molecular complexity index is 988. The molecule has 1 amide bonds. The Balaban J connectivity index is 1.86. The van der Waals surface area contributed by atoms with Gasteiger partial charge in [-0.2, -0.15) is 4.31 Å². The number of carbonyl (C=O) groups excluding carboxylic acids is 1. The molecule has 168 valence electrons. The predicted octanol–water partition coefficient (Wildman–Crippen LogP) is 5.16. The van der Waals surface area contributed by atoms with Gasteiger partial charge in [-0.25, -0.2) is 12.8 Å². The van der Waals surface area contributed by atoms with Gasteiger partial charge >= 0.3 is 0 Å². The van der Waals surface area contributed by atoms with Gasteiger partial charge in [0.2, 0.25) is 15.9 Å². The number of hydrogen-bond donors (Lipinski definition) is 1. The molecule has 0 heterocycles. The average Bonchev–Trinajstić information content (AvgIpc) is 2.99. The van der Waals surface area contributed by atoms with Crippen LogP contribution in [0.3, 0.4) is 0 Å². The van der Waals surface area contributed by atoms with E-state index in [0.717, 1.165) is 42.8 Å². The van der Waals surface area contributed by atoms with E-state index in [9.17, 15) is 17.6 Å². The first-order valence-electron chi connectivity index (χ1n) is 10.3.